The number of hydrogen-bond acceptors (Lipinski definition) is 4. The van der Waals surface area contributed by atoms with Gasteiger partial charge in [-0.15, -0.1) is 11.3 Å². The minimum absolute atomic E-state index is 0.0262. The maximum Gasteiger partial charge on any atom is 0.226 e. The van der Waals surface area contributed by atoms with E-state index in [1.54, 1.807) is 28.2 Å². The van der Waals surface area contributed by atoms with Crippen molar-refractivity contribution < 1.29 is 9.59 Å². The molecule has 0 spiro atoms. The second-order valence-electron chi connectivity index (χ2n) is 6.74. The number of fused-ring (bicyclic) bond motifs is 1. The molecule has 5 nitrogen and oxygen atoms in total. The summed E-state index contributed by atoms with van der Waals surface area (Å²) in [6.07, 6.45) is 0.127. The Bertz CT molecular complexity index is 1080. The van der Waals surface area contributed by atoms with Gasteiger partial charge in [-0.05, 0) is 45.0 Å². The minimum Gasteiger partial charge on any atom is -0.310 e. The quantitative estimate of drug-likeness (QED) is 0.642. The number of ketones is 1. The Kier molecular flexibility index (Phi) is 4.40. The lowest BCUT2D eigenvalue weighted by molar-refractivity contribution is -0.116. The number of carbonyl (C=O) groups is 2. The van der Waals surface area contributed by atoms with Gasteiger partial charge in [-0.3, -0.25) is 9.59 Å². The van der Waals surface area contributed by atoms with Crippen LogP contribution in [0.3, 0.4) is 0 Å². The van der Waals surface area contributed by atoms with E-state index in [0.717, 1.165) is 26.7 Å². The highest BCUT2D eigenvalue weighted by Crippen LogP contribution is 2.39. The number of thiophene rings is 1. The van der Waals surface area contributed by atoms with E-state index in [1.807, 2.05) is 39.0 Å². The predicted octanol–water partition coefficient (Wildman–Crippen LogP) is 4.82. The summed E-state index contributed by atoms with van der Waals surface area (Å²) < 4.78 is 1.65. The van der Waals surface area contributed by atoms with Crippen LogP contribution in [0.5, 0.6) is 0 Å². The van der Waals surface area contributed by atoms with Crippen LogP contribution in [0.15, 0.2) is 30.3 Å². The molecule has 1 aliphatic heterocycles. The van der Waals surface area contributed by atoms with Gasteiger partial charge in [0.2, 0.25) is 5.91 Å². The van der Waals surface area contributed by atoms with Crippen LogP contribution >= 0.6 is 22.9 Å². The molecule has 0 radical (unpaired) electrons. The van der Waals surface area contributed by atoms with Gasteiger partial charge in [0.05, 0.1) is 17.3 Å². The van der Waals surface area contributed by atoms with Crippen LogP contribution in [0, 0.1) is 20.8 Å². The lowest BCUT2D eigenvalue weighted by Gasteiger charge is -2.23. The normalized spacial score (nSPS) is 16.1. The molecular weight excluding hydrogens is 382 g/mol. The first-order chi connectivity index (χ1) is 12.8. The Balaban J connectivity index is 1.84. The average molecular weight is 400 g/mol. The maximum absolute atomic E-state index is 13.3. The molecule has 138 valence electrons. The molecule has 7 heteroatoms. The van der Waals surface area contributed by atoms with E-state index in [1.165, 1.54) is 0 Å². The molecule has 3 aromatic rings. The number of nitrogens with zero attached hydrogens (tertiary/aromatic N) is 2. The average Bonchev–Trinajstić information content (AvgIpc) is 3.12. The molecule has 4 rings (SSSR count). The van der Waals surface area contributed by atoms with E-state index in [2.05, 4.69) is 10.4 Å². The SMILES string of the molecule is Cc1cc(C(=O)[C@@H]2CC(=O)Nc3c2c(C)nn3-c2cccc(Cl)c2)c(C)s1. The third kappa shape index (κ3) is 3.09. The number of carbonyl (C=O) groups excluding carboxylic acids is 2. The number of aryl methyl sites for hydroxylation is 3. The zero-order valence-electron chi connectivity index (χ0n) is 15.2. The van der Waals surface area contributed by atoms with Crippen molar-refractivity contribution >= 4 is 40.4 Å². The first kappa shape index (κ1) is 17.9. The molecule has 2 aromatic heterocycles. The standard InChI is InChI=1S/C20H18ClN3O2S/c1-10-7-15(12(3)27-10)19(26)16-9-17(25)22-20-18(16)11(2)23-24(20)14-6-4-5-13(21)8-14/h4-8,16H,9H2,1-3H3,(H,22,25)/t16-/m1/s1. The molecule has 1 aromatic carbocycles. The Hall–Kier alpha value is -2.44. The third-order valence-corrected chi connectivity index (χ3v) is 5.98. The van der Waals surface area contributed by atoms with E-state index in [0.29, 0.717) is 16.4 Å². The van der Waals surface area contributed by atoms with Crippen LogP contribution in [0.2, 0.25) is 5.02 Å². The first-order valence-electron chi connectivity index (χ1n) is 8.61. The number of amides is 1. The monoisotopic (exact) mass is 399 g/mol. The molecule has 0 aliphatic carbocycles. The van der Waals surface area contributed by atoms with Crippen LogP contribution in [0.4, 0.5) is 5.82 Å². The van der Waals surface area contributed by atoms with Gasteiger partial charge < -0.3 is 5.32 Å². The smallest absolute Gasteiger partial charge is 0.226 e. The Morgan fingerprint density at radius 1 is 1.30 bits per heavy atom. The van der Waals surface area contributed by atoms with Gasteiger partial charge in [0, 0.05) is 32.3 Å². The van der Waals surface area contributed by atoms with E-state index in [-0.39, 0.29) is 18.1 Å². The number of anilines is 1. The first-order valence-corrected chi connectivity index (χ1v) is 9.81. The van der Waals surface area contributed by atoms with Crippen molar-refractivity contribution in [2.45, 2.75) is 33.1 Å². The molecule has 3 heterocycles. The van der Waals surface area contributed by atoms with E-state index in [9.17, 15) is 9.59 Å². The van der Waals surface area contributed by atoms with Crippen molar-refractivity contribution in [3.8, 4) is 5.69 Å². The van der Waals surface area contributed by atoms with Crippen LogP contribution < -0.4 is 5.32 Å². The topological polar surface area (TPSA) is 64.0 Å². The number of nitrogens with one attached hydrogen (secondary N) is 1. The molecule has 0 unspecified atom stereocenters. The lowest BCUT2D eigenvalue weighted by atomic mass is 9.85. The molecule has 0 fully saturated rings. The number of aromatic nitrogens is 2. The van der Waals surface area contributed by atoms with Crippen molar-refractivity contribution in [3.63, 3.8) is 0 Å². The maximum atomic E-state index is 13.3. The third-order valence-electron chi connectivity index (χ3n) is 4.78. The van der Waals surface area contributed by atoms with Gasteiger partial charge >= 0.3 is 0 Å². The van der Waals surface area contributed by atoms with Crippen LogP contribution in [0.1, 0.15) is 43.7 Å². The van der Waals surface area contributed by atoms with Crippen molar-refractivity contribution in [2.75, 3.05) is 5.32 Å². The molecule has 0 saturated heterocycles. The lowest BCUT2D eigenvalue weighted by Crippen LogP contribution is -2.28. The van der Waals surface area contributed by atoms with Gasteiger partial charge in [-0.2, -0.15) is 5.10 Å². The van der Waals surface area contributed by atoms with Gasteiger partial charge in [0.1, 0.15) is 5.82 Å². The van der Waals surface area contributed by atoms with Crippen molar-refractivity contribution in [1.29, 1.82) is 0 Å². The highest BCUT2D eigenvalue weighted by molar-refractivity contribution is 7.12. The number of rotatable bonds is 3. The van der Waals surface area contributed by atoms with E-state index >= 15 is 0 Å². The summed E-state index contributed by atoms with van der Waals surface area (Å²) in [5.74, 6) is -0.196. The summed E-state index contributed by atoms with van der Waals surface area (Å²) in [6.45, 7) is 5.79. The molecule has 1 amide bonds. The summed E-state index contributed by atoms with van der Waals surface area (Å²) in [5, 5.41) is 8.06. The van der Waals surface area contributed by atoms with Crippen LogP contribution in [0.25, 0.3) is 5.69 Å². The second-order valence-corrected chi connectivity index (χ2v) is 8.63. The highest BCUT2D eigenvalue weighted by atomic mass is 35.5. The molecule has 0 saturated carbocycles. The molecule has 0 bridgehead atoms. The van der Waals surface area contributed by atoms with Gasteiger partial charge in [-0.25, -0.2) is 4.68 Å². The summed E-state index contributed by atoms with van der Waals surface area (Å²) in [5.41, 5.74) is 2.94. The van der Waals surface area contributed by atoms with Crippen LogP contribution in [-0.2, 0) is 4.79 Å². The van der Waals surface area contributed by atoms with E-state index in [4.69, 9.17) is 11.6 Å². The van der Waals surface area contributed by atoms with Crippen molar-refractivity contribution in [2.24, 2.45) is 0 Å². The summed E-state index contributed by atoms with van der Waals surface area (Å²) in [6, 6.07) is 9.15. The van der Waals surface area contributed by atoms with E-state index < -0.39 is 5.92 Å². The van der Waals surface area contributed by atoms with Crippen LogP contribution in [-0.4, -0.2) is 21.5 Å². The fraction of sp³-hybridized carbons (Fsp3) is 0.250. The molecular formula is C20H18ClN3O2S. The summed E-state index contributed by atoms with van der Waals surface area (Å²) >= 11 is 7.71. The molecule has 27 heavy (non-hydrogen) atoms. The van der Waals surface area contributed by atoms with Gasteiger partial charge in [-0.1, -0.05) is 17.7 Å². The number of halogens is 1. The Labute approximate surface area is 166 Å². The fourth-order valence-corrected chi connectivity index (χ4v) is 4.74. The van der Waals surface area contributed by atoms with Gasteiger partial charge in [0.25, 0.3) is 0 Å². The summed E-state index contributed by atoms with van der Waals surface area (Å²) in [7, 11) is 0. The summed E-state index contributed by atoms with van der Waals surface area (Å²) in [4.78, 5) is 27.7. The Morgan fingerprint density at radius 2 is 2.07 bits per heavy atom. The number of benzene rings is 1. The molecule has 1 aliphatic rings. The largest absolute Gasteiger partial charge is 0.310 e. The zero-order chi connectivity index (χ0) is 19.3. The highest BCUT2D eigenvalue weighted by Gasteiger charge is 2.37. The molecule has 1 N–H and O–H groups in total. The second kappa shape index (κ2) is 6.62. The minimum atomic E-state index is -0.533. The number of hydrogen-bond donors (Lipinski definition) is 1. The zero-order valence-corrected chi connectivity index (χ0v) is 16.7. The fourth-order valence-electron chi connectivity index (χ4n) is 3.63. The van der Waals surface area contributed by atoms with Gasteiger partial charge in [0.15, 0.2) is 5.78 Å². The molecule has 1 atom stereocenters. The Morgan fingerprint density at radius 3 is 2.74 bits per heavy atom. The predicted molar refractivity (Wildman–Crippen MR) is 107 cm³/mol. The van der Waals surface area contributed by atoms with Crippen molar-refractivity contribution in [1.82, 2.24) is 9.78 Å². The van der Waals surface area contributed by atoms with Crippen molar-refractivity contribution in [3.05, 3.63) is 61.9 Å². The number of Topliss-reactive ketones (excluding diaryl/α,β-unsaturated/α-hetero) is 1.